The molecule has 0 saturated carbocycles. The van der Waals surface area contributed by atoms with E-state index in [1.807, 2.05) is 0 Å². The molecule has 0 aliphatic rings. The van der Waals surface area contributed by atoms with Gasteiger partial charge in [0.1, 0.15) is 12.7 Å². The van der Waals surface area contributed by atoms with Crippen molar-refractivity contribution in [2.24, 2.45) is 0 Å². The summed E-state index contributed by atoms with van der Waals surface area (Å²) in [6.07, 6.45) is 38.3. The summed E-state index contributed by atoms with van der Waals surface area (Å²) in [5, 5.41) is 21.7. The van der Waals surface area contributed by atoms with Crippen LogP contribution in [0, 0.1) is 0 Å². The molecule has 0 fully saturated rings. The van der Waals surface area contributed by atoms with Gasteiger partial charge in [0.2, 0.25) is 5.91 Å². The highest BCUT2D eigenvalue weighted by molar-refractivity contribution is 7.47. The molecule has 52 heavy (non-hydrogen) atoms. The van der Waals surface area contributed by atoms with Crippen molar-refractivity contribution >= 4 is 25.7 Å². The van der Waals surface area contributed by atoms with Crippen LogP contribution in [0.4, 0.5) is 0 Å². The van der Waals surface area contributed by atoms with Gasteiger partial charge in [0.15, 0.2) is 6.04 Å². The zero-order chi connectivity index (χ0) is 38.5. The molecule has 0 bridgehead atoms. The predicted molar refractivity (Wildman–Crippen MR) is 208 cm³/mol. The van der Waals surface area contributed by atoms with Crippen molar-refractivity contribution in [2.45, 2.75) is 154 Å². The second-order valence-corrected chi connectivity index (χ2v) is 14.2. The van der Waals surface area contributed by atoms with Gasteiger partial charge in [-0.2, -0.15) is 0 Å². The van der Waals surface area contributed by atoms with Gasteiger partial charge >= 0.3 is 19.8 Å². The average Bonchev–Trinajstić information content (AvgIpc) is 3.11. The Morgan fingerprint density at radius 2 is 1.12 bits per heavy atom. The first-order valence-corrected chi connectivity index (χ1v) is 20.8. The summed E-state index contributed by atoms with van der Waals surface area (Å²) in [7, 11) is -4.76. The standard InChI is InChI=1S/C40H68NO10P/c1-3-5-7-9-11-13-14-15-16-17-18-19-20-21-22-24-25-27-29-31-38(43)41-37(40(45)46)35-51-52(47,48)50-34-36(42)33-49-39(44)32-30-28-26-23-12-10-8-6-4-2/h5,7,11,13,15-16,18-19,21-22,36-37,42H,3-4,6,8-10,12,14,17,20,23-35H2,1-2H3,(H,41,43)(H,45,46)(H,47,48)/b7-5-,13-11-,16-15-,19-18-,22-21-. The first kappa shape index (κ1) is 49.2. The molecule has 12 heteroatoms. The van der Waals surface area contributed by atoms with Gasteiger partial charge in [0, 0.05) is 12.8 Å². The predicted octanol–water partition coefficient (Wildman–Crippen LogP) is 9.22. The van der Waals surface area contributed by atoms with Crippen LogP contribution in [0.3, 0.4) is 0 Å². The van der Waals surface area contributed by atoms with Gasteiger partial charge in [-0.3, -0.25) is 18.6 Å². The molecule has 298 valence electrons. The largest absolute Gasteiger partial charge is 0.480 e. The fourth-order valence-corrected chi connectivity index (χ4v) is 5.58. The third kappa shape index (κ3) is 34.3. The third-order valence-corrected chi connectivity index (χ3v) is 8.77. The van der Waals surface area contributed by atoms with E-state index in [2.05, 4.69) is 79.9 Å². The van der Waals surface area contributed by atoms with Crippen LogP contribution in [0.5, 0.6) is 0 Å². The highest BCUT2D eigenvalue weighted by atomic mass is 31.2. The number of amides is 1. The number of carboxylic acids is 1. The molecular weight excluding hydrogens is 685 g/mol. The van der Waals surface area contributed by atoms with Crippen LogP contribution in [-0.4, -0.2) is 64.9 Å². The van der Waals surface area contributed by atoms with E-state index >= 15 is 0 Å². The number of esters is 1. The molecule has 0 aromatic rings. The first-order chi connectivity index (χ1) is 25.1. The van der Waals surface area contributed by atoms with Crippen molar-refractivity contribution < 1.29 is 47.8 Å². The summed E-state index contributed by atoms with van der Waals surface area (Å²) in [6.45, 7) is 2.40. The number of carboxylic acid groups (broad SMARTS) is 1. The van der Waals surface area contributed by atoms with Crippen molar-refractivity contribution in [3.05, 3.63) is 60.8 Å². The SMILES string of the molecule is CC/C=C\C/C=C\C/C=C\C/C=C\C/C=C\CCCCCC(=O)NC(COP(=O)(O)OCC(O)COC(=O)CCCCCCCCCCC)C(=O)O. The number of aliphatic carboxylic acids is 1. The van der Waals surface area contributed by atoms with E-state index in [4.69, 9.17) is 13.8 Å². The molecule has 3 unspecified atom stereocenters. The molecule has 3 atom stereocenters. The quantitative estimate of drug-likeness (QED) is 0.0212. The number of aliphatic hydroxyl groups excluding tert-OH is 1. The summed E-state index contributed by atoms with van der Waals surface area (Å²) in [5.74, 6) is -2.43. The van der Waals surface area contributed by atoms with Crippen LogP contribution in [0.15, 0.2) is 60.8 Å². The molecule has 0 aromatic heterocycles. The van der Waals surface area contributed by atoms with Crippen LogP contribution < -0.4 is 5.32 Å². The number of aliphatic hydroxyl groups is 1. The molecule has 0 spiro atoms. The molecule has 11 nitrogen and oxygen atoms in total. The Morgan fingerprint density at radius 1 is 0.635 bits per heavy atom. The Labute approximate surface area is 313 Å². The fourth-order valence-electron chi connectivity index (χ4n) is 4.81. The van der Waals surface area contributed by atoms with E-state index in [1.165, 1.54) is 32.1 Å². The zero-order valence-electron chi connectivity index (χ0n) is 31.8. The van der Waals surface area contributed by atoms with E-state index in [0.29, 0.717) is 12.8 Å². The highest BCUT2D eigenvalue weighted by Crippen LogP contribution is 2.43. The van der Waals surface area contributed by atoms with Gasteiger partial charge in [0.05, 0.1) is 13.2 Å². The molecule has 0 rings (SSSR count). The summed E-state index contributed by atoms with van der Waals surface area (Å²) >= 11 is 0. The van der Waals surface area contributed by atoms with Crippen LogP contribution in [-0.2, 0) is 32.7 Å². The number of unbranched alkanes of at least 4 members (excludes halogenated alkanes) is 11. The van der Waals surface area contributed by atoms with Crippen LogP contribution in [0.2, 0.25) is 0 Å². The maximum Gasteiger partial charge on any atom is 0.472 e. The Bertz CT molecular complexity index is 1120. The Hall–Kier alpha value is -2.82. The second-order valence-electron chi connectivity index (χ2n) is 12.7. The number of carbonyl (C=O) groups is 3. The van der Waals surface area contributed by atoms with Crippen molar-refractivity contribution in [2.75, 3.05) is 19.8 Å². The van der Waals surface area contributed by atoms with E-state index in [1.54, 1.807) is 0 Å². The van der Waals surface area contributed by atoms with Gasteiger partial charge in [-0.25, -0.2) is 9.36 Å². The van der Waals surface area contributed by atoms with E-state index in [0.717, 1.165) is 70.6 Å². The minimum absolute atomic E-state index is 0.104. The summed E-state index contributed by atoms with van der Waals surface area (Å²) < 4.78 is 26.7. The average molecular weight is 754 g/mol. The summed E-state index contributed by atoms with van der Waals surface area (Å²) in [5.41, 5.74) is 0. The number of carbonyl (C=O) groups excluding carboxylic acids is 2. The summed E-state index contributed by atoms with van der Waals surface area (Å²) in [6, 6.07) is -1.56. The lowest BCUT2D eigenvalue weighted by atomic mass is 10.1. The smallest absolute Gasteiger partial charge is 0.472 e. The maximum absolute atomic E-state index is 12.3. The number of hydrogen-bond donors (Lipinski definition) is 4. The molecule has 0 saturated heterocycles. The lowest BCUT2D eigenvalue weighted by Gasteiger charge is -2.18. The number of phosphoric ester groups is 1. The van der Waals surface area contributed by atoms with Gasteiger partial charge in [-0.1, -0.05) is 132 Å². The Balaban J connectivity index is 4.05. The lowest BCUT2D eigenvalue weighted by molar-refractivity contribution is -0.147. The first-order valence-electron chi connectivity index (χ1n) is 19.3. The monoisotopic (exact) mass is 753 g/mol. The molecular formula is C40H68NO10P. The minimum Gasteiger partial charge on any atom is -0.480 e. The van der Waals surface area contributed by atoms with Crippen molar-refractivity contribution in [3.63, 3.8) is 0 Å². The molecule has 0 aliphatic heterocycles. The normalized spacial score (nSPS) is 14.5. The Kier molecular flexibility index (Phi) is 33.3. The molecule has 0 aromatic carbocycles. The number of rotatable bonds is 35. The van der Waals surface area contributed by atoms with Gasteiger partial charge < -0.3 is 25.2 Å². The molecule has 4 N–H and O–H groups in total. The van der Waals surface area contributed by atoms with Gasteiger partial charge in [-0.15, -0.1) is 0 Å². The third-order valence-electron chi connectivity index (χ3n) is 7.82. The number of allylic oxidation sites excluding steroid dienone is 10. The number of hydrogen-bond acceptors (Lipinski definition) is 8. The van der Waals surface area contributed by atoms with Crippen molar-refractivity contribution in [1.82, 2.24) is 5.32 Å². The van der Waals surface area contributed by atoms with E-state index < -0.39 is 57.6 Å². The lowest BCUT2D eigenvalue weighted by Crippen LogP contribution is -2.43. The molecule has 0 radical (unpaired) electrons. The maximum atomic E-state index is 12.3. The fraction of sp³-hybridized carbons (Fsp3) is 0.675. The van der Waals surface area contributed by atoms with Gasteiger partial charge in [0.25, 0.3) is 0 Å². The van der Waals surface area contributed by atoms with Crippen LogP contribution in [0.1, 0.15) is 142 Å². The highest BCUT2D eigenvalue weighted by Gasteiger charge is 2.28. The second kappa shape index (κ2) is 35.2. The molecule has 1 amide bonds. The van der Waals surface area contributed by atoms with Crippen LogP contribution >= 0.6 is 7.82 Å². The minimum atomic E-state index is -4.76. The van der Waals surface area contributed by atoms with Crippen molar-refractivity contribution in [1.29, 1.82) is 0 Å². The van der Waals surface area contributed by atoms with Crippen LogP contribution in [0.25, 0.3) is 0 Å². The topological polar surface area (TPSA) is 169 Å². The van der Waals surface area contributed by atoms with Gasteiger partial charge in [-0.05, 0) is 57.8 Å². The zero-order valence-corrected chi connectivity index (χ0v) is 32.7. The van der Waals surface area contributed by atoms with E-state index in [-0.39, 0.29) is 12.8 Å². The molecule has 0 heterocycles. The number of phosphoric acid groups is 1. The summed E-state index contributed by atoms with van der Waals surface area (Å²) in [4.78, 5) is 45.6. The van der Waals surface area contributed by atoms with Crippen molar-refractivity contribution in [3.8, 4) is 0 Å². The Morgan fingerprint density at radius 3 is 1.67 bits per heavy atom. The molecule has 0 aliphatic carbocycles. The van der Waals surface area contributed by atoms with E-state index in [9.17, 15) is 34.1 Å². The number of ether oxygens (including phenoxy) is 1. The number of nitrogens with one attached hydrogen (secondary N) is 1.